The fourth-order valence-corrected chi connectivity index (χ4v) is 3.64. The molecule has 1 unspecified atom stereocenters. The molecule has 122 valence electrons. The molecule has 7 nitrogen and oxygen atoms in total. The van der Waals surface area contributed by atoms with Crippen molar-refractivity contribution in [3.8, 4) is 0 Å². The molecule has 1 amide bonds. The van der Waals surface area contributed by atoms with Crippen molar-refractivity contribution in [3.05, 3.63) is 24.3 Å². The van der Waals surface area contributed by atoms with E-state index in [2.05, 4.69) is 10.2 Å². The summed E-state index contributed by atoms with van der Waals surface area (Å²) in [5.74, 6) is -0.353. The number of nitrogens with one attached hydrogen (secondary N) is 1. The zero-order valence-corrected chi connectivity index (χ0v) is 13.6. The minimum Gasteiger partial charge on any atom is -0.325 e. The van der Waals surface area contributed by atoms with E-state index in [1.165, 1.54) is 16.4 Å². The normalized spacial score (nSPS) is 18.9. The summed E-state index contributed by atoms with van der Waals surface area (Å²) in [6.07, 6.45) is 0. The standard InChI is InChI=1S/C14H22N4O3S/c1-11(15)14(19)16-12-4-3-5-13(10-12)22(20,21)18-8-6-17(2)7-9-18/h3-5,10-11H,6-9,15H2,1-2H3,(H,16,19). The highest BCUT2D eigenvalue weighted by Crippen LogP contribution is 2.20. The number of benzene rings is 1. The van der Waals surface area contributed by atoms with E-state index in [4.69, 9.17) is 5.73 Å². The van der Waals surface area contributed by atoms with Crippen LogP contribution >= 0.6 is 0 Å². The number of nitrogens with two attached hydrogens (primary N) is 1. The fourth-order valence-electron chi connectivity index (χ4n) is 2.17. The van der Waals surface area contributed by atoms with Crippen molar-refractivity contribution in [2.24, 2.45) is 5.73 Å². The van der Waals surface area contributed by atoms with Gasteiger partial charge in [0.15, 0.2) is 0 Å². The molecule has 0 radical (unpaired) electrons. The van der Waals surface area contributed by atoms with Crippen molar-refractivity contribution in [2.75, 3.05) is 38.5 Å². The van der Waals surface area contributed by atoms with Crippen molar-refractivity contribution in [2.45, 2.75) is 17.9 Å². The Morgan fingerprint density at radius 3 is 2.50 bits per heavy atom. The van der Waals surface area contributed by atoms with Gasteiger partial charge in [-0.1, -0.05) is 6.07 Å². The molecule has 1 heterocycles. The lowest BCUT2D eigenvalue weighted by Gasteiger charge is -2.31. The first-order chi connectivity index (χ1) is 10.3. The molecular weight excluding hydrogens is 304 g/mol. The Morgan fingerprint density at radius 2 is 1.91 bits per heavy atom. The third kappa shape index (κ3) is 3.83. The summed E-state index contributed by atoms with van der Waals surface area (Å²) in [5, 5.41) is 2.61. The van der Waals surface area contributed by atoms with Crippen LogP contribution in [0.1, 0.15) is 6.92 Å². The molecule has 1 aliphatic rings. The van der Waals surface area contributed by atoms with Crippen molar-refractivity contribution < 1.29 is 13.2 Å². The number of hydrogen-bond acceptors (Lipinski definition) is 5. The summed E-state index contributed by atoms with van der Waals surface area (Å²) in [4.78, 5) is 13.9. The minimum atomic E-state index is -3.54. The lowest BCUT2D eigenvalue weighted by molar-refractivity contribution is -0.117. The number of sulfonamides is 1. The van der Waals surface area contributed by atoms with Gasteiger partial charge in [-0.15, -0.1) is 0 Å². The Hall–Kier alpha value is -1.48. The maximum absolute atomic E-state index is 12.6. The molecule has 1 aliphatic heterocycles. The predicted octanol–water partition coefficient (Wildman–Crippen LogP) is -0.0916. The summed E-state index contributed by atoms with van der Waals surface area (Å²) in [6.45, 7) is 3.92. The lowest BCUT2D eigenvalue weighted by atomic mass is 10.3. The number of carbonyl (C=O) groups is 1. The molecule has 0 bridgehead atoms. The largest absolute Gasteiger partial charge is 0.325 e. The monoisotopic (exact) mass is 326 g/mol. The van der Waals surface area contributed by atoms with Gasteiger partial charge in [-0.05, 0) is 32.2 Å². The van der Waals surface area contributed by atoms with Crippen molar-refractivity contribution in [1.82, 2.24) is 9.21 Å². The van der Waals surface area contributed by atoms with E-state index in [1.54, 1.807) is 19.1 Å². The van der Waals surface area contributed by atoms with Gasteiger partial charge in [-0.3, -0.25) is 4.79 Å². The zero-order valence-electron chi connectivity index (χ0n) is 12.8. The van der Waals surface area contributed by atoms with E-state index in [1.807, 2.05) is 7.05 Å². The summed E-state index contributed by atoms with van der Waals surface area (Å²) in [6, 6.07) is 5.60. The molecule has 0 aliphatic carbocycles. The van der Waals surface area contributed by atoms with Crippen LogP contribution in [0.25, 0.3) is 0 Å². The van der Waals surface area contributed by atoms with Gasteiger partial charge >= 0.3 is 0 Å². The minimum absolute atomic E-state index is 0.180. The van der Waals surface area contributed by atoms with Crippen LogP contribution in [0.5, 0.6) is 0 Å². The number of anilines is 1. The maximum Gasteiger partial charge on any atom is 0.243 e. The van der Waals surface area contributed by atoms with Crippen LogP contribution in [0.3, 0.4) is 0 Å². The van der Waals surface area contributed by atoms with Gasteiger partial charge in [0, 0.05) is 31.9 Å². The highest BCUT2D eigenvalue weighted by molar-refractivity contribution is 7.89. The van der Waals surface area contributed by atoms with E-state index in [9.17, 15) is 13.2 Å². The second-order valence-electron chi connectivity index (χ2n) is 5.51. The molecule has 8 heteroatoms. The van der Waals surface area contributed by atoms with Gasteiger partial charge in [0.25, 0.3) is 0 Å². The van der Waals surface area contributed by atoms with Crippen LogP contribution in [0.2, 0.25) is 0 Å². The Bertz CT molecular complexity index is 637. The Balaban J connectivity index is 2.19. The topological polar surface area (TPSA) is 95.7 Å². The molecule has 1 aromatic rings. The summed E-state index contributed by atoms with van der Waals surface area (Å²) in [5.41, 5.74) is 5.92. The average molecular weight is 326 g/mol. The van der Waals surface area contributed by atoms with Gasteiger partial charge in [0.05, 0.1) is 10.9 Å². The first-order valence-electron chi connectivity index (χ1n) is 7.16. The zero-order chi connectivity index (χ0) is 16.3. The average Bonchev–Trinajstić information content (AvgIpc) is 2.48. The van der Waals surface area contributed by atoms with Crippen molar-refractivity contribution in [1.29, 1.82) is 0 Å². The van der Waals surface area contributed by atoms with Gasteiger partial charge in [0.2, 0.25) is 15.9 Å². The lowest BCUT2D eigenvalue weighted by Crippen LogP contribution is -2.47. The van der Waals surface area contributed by atoms with E-state index in [0.29, 0.717) is 31.9 Å². The summed E-state index contributed by atoms with van der Waals surface area (Å²) < 4.78 is 26.7. The molecule has 22 heavy (non-hydrogen) atoms. The van der Waals surface area contributed by atoms with E-state index in [-0.39, 0.29) is 10.8 Å². The molecule has 1 fully saturated rings. The molecular formula is C14H22N4O3S. The number of rotatable bonds is 4. The van der Waals surface area contributed by atoms with Crippen LogP contribution < -0.4 is 11.1 Å². The Kier molecular flexibility index (Phi) is 5.17. The molecule has 0 saturated carbocycles. The molecule has 0 spiro atoms. The highest BCUT2D eigenvalue weighted by atomic mass is 32.2. The number of amides is 1. The number of piperazine rings is 1. The van der Waals surface area contributed by atoms with Crippen molar-refractivity contribution >= 4 is 21.6 Å². The quantitative estimate of drug-likeness (QED) is 0.806. The molecule has 1 saturated heterocycles. The molecule has 1 aromatic carbocycles. The highest BCUT2D eigenvalue weighted by Gasteiger charge is 2.27. The van der Waals surface area contributed by atoms with E-state index in [0.717, 1.165) is 0 Å². The van der Waals surface area contributed by atoms with Gasteiger partial charge in [-0.25, -0.2) is 8.42 Å². The van der Waals surface area contributed by atoms with Gasteiger partial charge < -0.3 is 16.0 Å². The van der Waals surface area contributed by atoms with Crippen LogP contribution in [-0.2, 0) is 14.8 Å². The third-order valence-electron chi connectivity index (χ3n) is 3.62. The first kappa shape index (κ1) is 16.9. The smallest absolute Gasteiger partial charge is 0.243 e. The van der Waals surface area contributed by atoms with Gasteiger partial charge in [-0.2, -0.15) is 4.31 Å². The fraction of sp³-hybridized carbons (Fsp3) is 0.500. The van der Waals surface area contributed by atoms with Crippen LogP contribution in [0.4, 0.5) is 5.69 Å². The van der Waals surface area contributed by atoms with Crippen LogP contribution in [0, 0.1) is 0 Å². The summed E-state index contributed by atoms with van der Waals surface area (Å²) >= 11 is 0. The van der Waals surface area contributed by atoms with Crippen LogP contribution in [0.15, 0.2) is 29.2 Å². The van der Waals surface area contributed by atoms with Gasteiger partial charge in [0.1, 0.15) is 0 Å². The SMILES string of the molecule is CC(N)C(=O)Nc1cccc(S(=O)(=O)N2CCN(C)CC2)c1. The number of nitrogens with zero attached hydrogens (tertiary/aromatic N) is 2. The maximum atomic E-state index is 12.6. The second kappa shape index (κ2) is 6.74. The Labute approximate surface area is 131 Å². The van der Waals surface area contributed by atoms with E-state index < -0.39 is 16.1 Å². The molecule has 2 rings (SSSR count). The second-order valence-corrected chi connectivity index (χ2v) is 7.45. The van der Waals surface area contributed by atoms with Crippen LogP contribution in [-0.4, -0.2) is 62.8 Å². The van der Waals surface area contributed by atoms with Crippen molar-refractivity contribution in [3.63, 3.8) is 0 Å². The number of hydrogen-bond donors (Lipinski definition) is 2. The number of likely N-dealkylation sites (N-methyl/N-ethyl adjacent to an activating group) is 1. The molecule has 1 atom stereocenters. The predicted molar refractivity (Wildman–Crippen MR) is 85.0 cm³/mol. The Morgan fingerprint density at radius 1 is 1.27 bits per heavy atom. The van der Waals surface area contributed by atoms with E-state index >= 15 is 0 Å². The first-order valence-corrected chi connectivity index (χ1v) is 8.60. The third-order valence-corrected chi connectivity index (χ3v) is 5.51. The number of carbonyl (C=O) groups excluding carboxylic acids is 1. The molecule has 3 N–H and O–H groups in total. The summed E-state index contributed by atoms with van der Waals surface area (Å²) in [7, 11) is -1.57. The molecule has 0 aromatic heterocycles.